The van der Waals surface area contributed by atoms with Crippen molar-refractivity contribution < 1.29 is 9.18 Å². The monoisotopic (exact) mass is 342 g/mol. The molecule has 0 aromatic heterocycles. The normalized spacial score (nSPS) is 10.3. The molecule has 0 spiro atoms. The van der Waals surface area contributed by atoms with Crippen molar-refractivity contribution in [2.45, 2.75) is 0 Å². The SMILES string of the molecule is Nc1cc(Br)ccc1NC(=O)c1cc(Cl)ccc1F. The van der Waals surface area contributed by atoms with Gasteiger partial charge in [0.2, 0.25) is 0 Å². The van der Waals surface area contributed by atoms with Gasteiger partial charge in [0.15, 0.2) is 0 Å². The van der Waals surface area contributed by atoms with Crippen LogP contribution in [0.4, 0.5) is 15.8 Å². The van der Waals surface area contributed by atoms with E-state index < -0.39 is 11.7 Å². The quantitative estimate of drug-likeness (QED) is 0.807. The predicted molar refractivity (Wildman–Crippen MR) is 77.9 cm³/mol. The summed E-state index contributed by atoms with van der Waals surface area (Å²) < 4.78 is 14.3. The highest BCUT2D eigenvalue weighted by molar-refractivity contribution is 9.10. The van der Waals surface area contributed by atoms with E-state index in [9.17, 15) is 9.18 Å². The summed E-state index contributed by atoms with van der Waals surface area (Å²) in [5, 5.41) is 2.83. The van der Waals surface area contributed by atoms with E-state index in [1.165, 1.54) is 12.1 Å². The molecule has 0 radical (unpaired) electrons. The minimum absolute atomic E-state index is 0.130. The second-order valence-corrected chi connectivity index (χ2v) is 5.16. The molecule has 0 aliphatic heterocycles. The maximum absolute atomic E-state index is 13.5. The van der Waals surface area contributed by atoms with Crippen LogP contribution in [-0.4, -0.2) is 5.91 Å². The summed E-state index contributed by atoms with van der Waals surface area (Å²) in [5.74, 6) is -1.24. The van der Waals surface area contributed by atoms with Crippen LogP contribution in [0.2, 0.25) is 5.02 Å². The molecule has 1 amide bonds. The van der Waals surface area contributed by atoms with Crippen LogP contribution in [0, 0.1) is 5.82 Å². The molecule has 0 aliphatic carbocycles. The number of hydrogen-bond donors (Lipinski definition) is 2. The second-order valence-electron chi connectivity index (χ2n) is 3.81. The zero-order chi connectivity index (χ0) is 14.0. The lowest BCUT2D eigenvalue weighted by Crippen LogP contribution is -2.14. The minimum Gasteiger partial charge on any atom is -0.397 e. The summed E-state index contributed by atoms with van der Waals surface area (Å²) in [7, 11) is 0. The number of nitrogens with two attached hydrogens (primary N) is 1. The van der Waals surface area contributed by atoms with E-state index in [-0.39, 0.29) is 10.6 Å². The van der Waals surface area contributed by atoms with Crippen LogP contribution in [0.3, 0.4) is 0 Å². The molecule has 6 heteroatoms. The number of carbonyl (C=O) groups excluding carboxylic acids is 1. The van der Waals surface area contributed by atoms with Gasteiger partial charge in [-0.15, -0.1) is 0 Å². The Hall–Kier alpha value is -1.59. The zero-order valence-corrected chi connectivity index (χ0v) is 11.9. The molecule has 0 aliphatic rings. The van der Waals surface area contributed by atoms with Gasteiger partial charge in [0.05, 0.1) is 16.9 Å². The van der Waals surface area contributed by atoms with Crippen molar-refractivity contribution in [2.75, 3.05) is 11.1 Å². The third-order valence-electron chi connectivity index (χ3n) is 2.43. The maximum Gasteiger partial charge on any atom is 0.258 e. The molecule has 98 valence electrons. The van der Waals surface area contributed by atoms with Gasteiger partial charge in [-0.2, -0.15) is 0 Å². The average Bonchev–Trinajstić information content (AvgIpc) is 2.35. The highest BCUT2D eigenvalue weighted by Gasteiger charge is 2.13. The van der Waals surface area contributed by atoms with Crippen molar-refractivity contribution in [2.24, 2.45) is 0 Å². The van der Waals surface area contributed by atoms with Gasteiger partial charge in [-0.05, 0) is 36.4 Å². The Morgan fingerprint density at radius 1 is 1.26 bits per heavy atom. The summed E-state index contributed by atoms with van der Waals surface area (Å²) in [5.41, 5.74) is 6.41. The number of rotatable bonds is 2. The number of carbonyl (C=O) groups is 1. The molecule has 0 fully saturated rings. The zero-order valence-electron chi connectivity index (χ0n) is 9.58. The maximum atomic E-state index is 13.5. The van der Waals surface area contributed by atoms with Crippen LogP contribution in [0.5, 0.6) is 0 Å². The molecule has 0 saturated carbocycles. The number of halogens is 3. The molecule has 0 heterocycles. The highest BCUT2D eigenvalue weighted by Crippen LogP contribution is 2.24. The topological polar surface area (TPSA) is 55.1 Å². The van der Waals surface area contributed by atoms with Crippen LogP contribution in [0.15, 0.2) is 40.9 Å². The van der Waals surface area contributed by atoms with Crippen LogP contribution in [-0.2, 0) is 0 Å². The lowest BCUT2D eigenvalue weighted by molar-refractivity contribution is 0.102. The number of benzene rings is 2. The third-order valence-corrected chi connectivity index (χ3v) is 3.16. The van der Waals surface area contributed by atoms with Crippen LogP contribution in [0.1, 0.15) is 10.4 Å². The Kier molecular flexibility index (Phi) is 4.07. The molecule has 2 rings (SSSR count). The predicted octanol–water partition coefficient (Wildman–Crippen LogP) is 4.08. The molecule has 0 saturated heterocycles. The largest absolute Gasteiger partial charge is 0.397 e. The summed E-state index contributed by atoms with van der Waals surface area (Å²) in [4.78, 5) is 11.9. The Labute approximate surface area is 122 Å². The first-order valence-corrected chi connectivity index (χ1v) is 6.46. The van der Waals surface area contributed by atoms with Crippen molar-refractivity contribution in [3.05, 3.63) is 57.3 Å². The van der Waals surface area contributed by atoms with Crippen molar-refractivity contribution in [3.8, 4) is 0 Å². The van der Waals surface area contributed by atoms with E-state index >= 15 is 0 Å². The van der Waals surface area contributed by atoms with E-state index in [1.54, 1.807) is 18.2 Å². The first kappa shape index (κ1) is 13.8. The first-order chi connectivity index (χ1) is 8.97. The van der Waals surface area contributed by atoms with Gasteiger partial charge in [0, 0.05) is 9.50 Å². The lowest BCUT2D eigenvalue weighted by Gasteiger charge is -2.09. The molecule has 0 bridgehead atoms. The van der Waals surface area contributed by atoms with Crippen LogP contribution < -0.4 is 11.1 Å². The van der Waals surface area contributed by atoms with Crippen molar-refractivity contribution in [3.63, 3.8) is 0 Å². The van der Waals surface area contributed by atoms with E-state index in [2.05, 4.69) is 21.2 Å². The van der Waals surface area contributed by atoms with Crippen molar-refractivity contribution in [1.82, 2.24) is 0 Å². The molecule has 19 heavy (non-hydrogen) atoms. The Bertz CT molecular complexity index is 649. The number of anilines is 2. The van der Waals surface area contributed by atoms with Gasteiger partial charge in [0.25, 0.3) is 5.91 Å². The van der Waals surface area contributed by atoms with E-state index in [4.69, 9.17) is 17.3 Å². The Morgan fingerprint density at radius 3 is 2.68 bits per heavy atom. The number of nitrogens with one attached hydrogen (secondary N) is 1. The van der Waals surface area contributed by atoms with Gasteiger partial charge >= 0.3 is 0 Å². The molecule has 3 nitrogen and oxygen atoms in total. The Morgan fingerprint density at radius 2 is 2.00 bits per heavy atom. The smallest absolute Gasteiger partial charge is 0.258 e. The summed E-state index contributed by atoms with van der Waals surface area (Å²) in [6.45, 7) is 0. The minimum atomic E-state index is -0.641. The number of amides is 1. The first-order valence-electron chi connectivity index (χ1n) is 5.29. The highest BCUT2D eigenvalue weighted by atomic mass is 79.9. The molecular weight excluding hydrogens is 335 g/mol. The summed E-state index contributed by atoms with van der Waals surface area (Å²) >= 11 is 9.00. The van der Waals surface area contributed by atoms with Crippen LogP contribution in [0.25, 0.3) is 0 Å². The summed E-state index contributed by atoms with van der Waals surface area (Å²) in [6, 6.07) is 8.77. The lowest BCUT2D eigenvalue weighted by atomic mass is 10.2. The van der Waals surface area contributed by atoms with Gasteiger partial charge in [-0.25, -0.2) is 4.39 Å². The molecule has 2 aromatic rings. The van der Waals surface area contributed by atoms with E-state index in [1.807, 2.05) is 0 Å². The van der Waals surface area contributed by atoms with Crippen LogP contribution >= 0.6 is 27.5 Å². The van der Waals surface area contributed by atoms with Gasteiger partial charge < -0.3 is 11.1 Å². The van der Waals surface area contributed by atoms with E-state index in [0.717, 1.165) is 10.5 Å². The van der Waals surface area contributed by atoms with Crippen molar-refractivity contribution >= 4 is 44.8 Å². The van der Waals surface area contributed by atoms with Crippen molar-refractivity contribution in [1.29, 1.82) is 0 Å². The van der Waals surface area contributed by atoms with Gasteiger partial charge in [-0.3, -0.25) is 4.79 Å². The summed E-state index contributed by atoms with van der Waals surface area (Å²) in [6.07, 6.45) is 0. The fraction of sp³-hybridized carbons (Fsp3) is 0. The standard InChI is InChI=1S/C13H9BrClFN2O/c14-7-1-4-12(11(17)5-7)18-13(19)9-6-8(15)2-3-10(9)16/h1-6H,17H2,(H,18,19). The molecule has 2 aromatic carbocycles. The molecule has 0 unspecified atom stereocenters. The average molecular weight is 344 g/mol. The number of nitrogen functional groups attached to an aromatic ring is 1. The molecule has 0 atom stereocenters. The molecular formula is C13H9BrClFN2O. The van der Waals surface area contributed by atoms with Gasteiger partial charge in [0.1, 0.15) is 5.82 Å². The fourth-order valence-electron chi connectivity index (χ4n) is 1.51. The Balaban J connectivity index is 2.28. The number of hydrogen-bond acceptors (Lipinski definition) is 2. The third kappa shape index (κ3) is 3.24. The molecule has 3 N–H and O–H groups in total. The van der Waals surface area contributed by atoms with Gasteiger partial charge in [-0.1, -0.05) is 27.5 Å². The second kappa shape index (κ2) is 5.59. The fourth-order valence-corrected chi connectivity index (χ4v) is 2.06. The van der Waals surface area contributed by atoms with E-state index in [0.29, 0.717) is 11.4 Å².